The molecule has 0 spiro atoms. The normalized spacial score (nSPS) is 12.7. The summed E-state index contributed by atoms with van der Waals surface area (Å²) in [6.45, 7) is 11.9. The Kier molecular flexibility index (Phi) is 18.2. The second-order valence-corrected chi connectivity index (χ2v) is 6.27. The Morgan fingerprint density at radius 3 is 2.24 bits per heavy atom. The molecule has 3 nitrogen and oxygen atoms in total. The van der Waals surface area contributed by atoms with Crippen LogP contribution in [0.1, 0.15) is 25.8 Å². The van der Waals surface area contributed by atoms with Gasteiger partial charge in [-0.15, -0.1) is 18.9 Å². The Morgan fingerprint density at radius 2 is 1.86 bits per heavy atom. The maximum atomic E-state index is 11.1. The number of benzene rings is 1. The highest BCUT2D eigenvalue weighted by molar-refractivity contribution is 5.41. The van der Waals surface area contributed by atoms with Crippen LogP contribution in [0.25, 0.3) is 0 Å². The van der Waals surface area contributed by atoms with Crippen LogP contribution in [-0.4, -0.2) is 37.7 Å². The first-order valence-corrected chi connectivity index (χ1v) is 9.57. The SMILES string of the molecule is C#CC.C/C=C/N(C)C.C=C/C=C(\C=C/CNC)C(O)(CC=C)c1ccccc1. The van der Waals surface area contributed by atoms with E-state index in [1.807, 2.05) is 93.8 Å². The third-order valence-corrected chi connectivity index (χ3v) is 3.53. The van der Waals surface area contributed by atoms with E-state index in [-0.39, 0.29) is 0 Å². The van der Waals surface area contributed by atoms with E-state index >= 15 is 0 Å². The van der Waals surface area contributed by atoms with Crippen LogP contribution in [-0.2, 0) is 5.60 Å². The molecule has 2 N–H and O–H groups in total. The summed E-state index contributed by atoms with van der Waals surface area (Å²) in [5, 5.41) is 14.2. The van der Waals surface area contributed by atoms with Crippen molar-refractivity contribution >= 4 is 0 Å². The summed E-state index contributed by atoms with van der Waals surface area (Å²) in [4.78, 5) is 2.00. The van der Waals surface area contributed by atoms with Crippen molar-refractivity contribution in [1.82, 2.24) is 10.2 Å². The molecule has 1 unspecified atom stereocenters. The zero-order valence-corrected chi connectivity index (χ0v) is 18.7. The van der Waals surface area contributed by atoms with E-state index in [0.29, 0.717) is 6.42 Å². The van der Waals surface area contributed by atoms with Gasteiger partial charge in [-0.3, -0.25) is 0 Å². The molecule has 0 aromatic heterocycles. The molecular weight excluding hydrogens is 356 g/mol. The Balaban J connectivity index is 0. The van der Waals surface area contributed by atoms with E-state index < -0.39 is 5.60 Å². The van der Waals surface area contributed by atoms with Gasteiger partial charge in [-0.25, -0.2) is 0 Å². The minimum absolute atomic E-state index is 0.445. The number of rotatable bonds is 9. The van der Waals surface area contributed by atoms with Gasteiger partial charge in [-0.05, 0) is 38.2 Å². The van der Waals surface area contributed by atoms with Gasteiger partial charge in [-0.1, -0.05) is 73.4 Å². The fourth-order valence-electron chi connectivity index (χ4n) is 2.39. The number of allylic oxidation sites excluding steroid dienone is 3. The van der Waals surface area contributed by atoms with Crippen molar-refractivity contribution in [2.45, 2.75) is 25.9 Å². The van der Waals surface area contributed by atoms with Gasteiger partial charge in [0.25, 0.3) is 0 Å². The molecule has 0 bridgehead atoms. The van der Waals surface area contributed by atoms with Crippen LogP contribution in [0.2, 0.25) is 0 Å². The standard InChI is InChI=1S/C18H23NO.C5H11N.C3H4/c1-4-10-16(13-9-15-19-3)18(20,14-5-2)17-11-7-6-8-12-17;1-4-5-6(2)3;1-3-2/h4-13,19-20H,1-2,14-15H2,3H3;4-5H,1-3H3;1H,2H3/b13-9-,16-10+;5-4+;. The van der Waals surface area contributed by atoms with Gasteiger partial charge in [0.15, 0.2) is 0 Å². The summed E-state index contributed by atoms with van der Waals surface area (Å²) in [5.74, 6) is 2.25. The Morgan fingerprint density at radius 1 is 1.28 bits per heavy atom. The highest BCUT2D eigenvalue weighted by Gasteiger charge is 2.30. The highest BCUT2D eigenvalue weighted by Crippen LogP contribution is 2.34. The zero-order chi connectivity index (χ0) is 22.5. The van der Waals surface area contributed by atoms with Crippen molar-refractivity contribution in [2.75, 3.05) is 27.7 Å². The summed E-state index contributed by atoms with van der Waals surface area (Å²) in [5.41, 5.74) is 0.567. The molecule has 0 radical (unpaired) electrons. The van der Waals surface area contributed by atoms with E-state index in [0.717, 1.165) is 17.7 Å². The van der Waals surface area contributed by atoms with Gasteiger partial charge >= 0.3 is 0 Å². The van der Waals surface area contributed by atoms with Crippen LogP contribution in [0.4, 0.5) is 0 Å². The van der Waals surface area contributed by atoms with E-state index in [2.05, 4.69) is 30.8 Å². The van der Waals surface area contributed by atoms with Crippen molar-refractivity contribution in [1.29, 1.82) is 0 Å². The molecule has 0 aliphatic heterocycles. The first-order chi connectivity index (χ1) is 13.9. The molecule has 0 saturated carbocycles. The van der Waals surface area contributed by atoms with Crippen LogP contribution in [0.3, 0.4) is 0 Å². The third kappa shape index (κ3) is 13.1. The van der Waals surface area contributed by atoms with Gasteiger partial charge in [0, 0.05) is 27.1 Å². The summed E-state index contributed by atoms with van der Waals surface area (Å²) >= 11 is 0. The molecule has 1 rings (SSSR count). The molecule has 0 saturated heterocycles. The van der Waals surface area contributed by atoms with Crippen LogP contribution in [0, 0.1) is 12.3 Å². The van der Waals surface area contributed by atoms with Crippen molar-refractivity contribution < 1.29 is 5.11 Å². The highest BCUT2D eigenvalue weighted by atomic mass is 16.3. The fraction of sp³-hybridized carbons (Fsp3) is 0.308. The smallest absolute Gasteiger partial charge is 0.118 e. The first kappa shape index (κ1) is 28.4. The van der Waals surface area contributed by atoms with Gasteiger partial charge in [0.1, 0.15) is 5.60 Å². The van der Waals surface area contributed by atoms with Crippen molar-refractivity contribution in [3.63, 3.8) is 0 Å². The summed E-state index contributed by atoms with van der Waals surface area (Å²) in [7, 11) is 5.88. The predicted molar refractivity (Wildman–Crippen MR) is 130 cm³/mol. The second kappa shape index (κ2) is 18.6. The fourth-order valence-corrected chi connectivity index (χ4v) is 2.39. The number of hydrogen-bond donors (Lipinski definition) is 2. The zero-order valence-electron chi connectivity index (χ0n) is 18.7. The summed E-state index contributed by atoms with van der Waals surface area (Å²) < 4.78 is 0. The Hall–Kier alpha value is -2.80. The maximum Gasteiger partial charge on any atom is 0.118 e. The van der Waals surface area contributed by atoms with Crippen LogP contribution in [0.5, 0.6) is 0 Å². The van der Waals surface area contributed by atoms with Crippen LogP contribution in [0.15, 0.2) is 91.7 Å². The van der Waals surface area contributed by atoms with E-state index in [1.54, 1.807) is 19.1 Å². The number of nitrogens with zero attached hydrogens (tertiary/aromatic N) is 1. The summed E-state index contributed by atoms with van der Waals surface area (Å²) in [6, 6.07) is 9.63. The Bertz CT molecular complexity index is 678. The van der Waals surface area contributed by atoms with Crippen LogP contribution >= 0.6 is 0 Å². The third-order valence-electron chi connectivity index (χ3n) is 3.53. The lowest BCUT2D eigenvalue weighted by molar-refractivity contribution is 0.0834. The lowest BCUT2D eigenvalue weighted by Crippen LogP contribution is -2.27. The predicted octanol–water partition coefficient (Wildman–Crippen LogP) is 5.06. The molecule has 1 aromatic rings. The number of aliphatic hydroxyl groups is 1. The topological polar surface area (TPSA) is 35.5 Å². The quantitative estimate of drug-likeness (QED) is 0.349. The molecule has 1 atom stereocenters. The number of terminal acetylenes is 1. The van der Waals surface area contributed by atoms with Gasteiger partial charge in [0.05, 0.1) is 0 Å². The molecule has 0 heterocycles. The minimum Gasteiger partial charge on any atom is -0.384 e. The first-order valence-electron chi connectivity index (χ1n) is 9.57. The molecule has 158 valence electrons. The molecule has 0 aliphatic carbocycles. The lowest BCUT2D eigenvalue weighted by atomic mass is 9.82. The average Bonchev–Trinajstić information content (AvgIpc) is 2.69. The second-order valence-electron chi connectivity index (χ2n) is 6.27. The summed E-state index contributed by atoms with van der Waals surface area (Å²) in [6.07, 6.45) is 18.2. The van der Waals surface area contributed by atoms with Crippen molar-refractivity contribution in [2.24, 2.45) is 0 Å². The van der Waals surface area contributed by atoms with Gasteiger partial charge < -0.3 is 15.3 Å². The number of nitrogens with one attached hydrogen (secondary N) is 1. The molecule has 29 heavy (non-hydrogen) atoms. The van der Waals surface area contributed by atoms with Crippen LogP contribution < -0.4 is 5.32 Å². The van der Waals surface area contributed by atoms with E-state index in [1.165, 1.54) is 0 Å². The lowest BCUT2D eigenvalue weighted by Gasteiger charge is -2.29. The van der Waals surface area contributed by atoms with Gasteiger partial charge in [0.2, 0.25) is 0 Å². The molecule has 1 aromatic carbocycles. The Labute approximate surface area is 178 Å². The van der Waals surface area contributed by atoms with Crippen molar-refractivity contribution in [3.05, 3.63) is 97.3 Å². The molecule has 0 amide bonds. The maximum absolute atomic E-state index is 11.1. The molecule has 3 heteroatoms. The minimum atomic E-state index is -1.08. The van der Waals surface area contributed by atoms with E-state index in [4.69, 9.17) is 0 Å². The largest absolute Gasteiger partial charge is 0.384 e. The number of hydrogen-bond acceptors (Lipinski definition) is 3. The average molecular weight is 395 g/mol. The molecule has 0 fully saturated rings. The molecular formula is C26H38N2O. The number of likely N-dealkylation sites (N-methyl/N-ethyl adjacent to an activating group) is 1. The van der Waals surface area contributed by atoms with Crippen molar-refractivity contribution in [3.8, 4) is 12.3 Å². The van der Waals surface area contributed by atoms with Gasteiger partial charge in [-0.2, -0.15) is 0 Å². The monoisotopic (exact) mass is 394 g/mol. The molecule has 0 aliphatic rings. The van der Waals surface area contributed by atoms with E-state index in [9.17, 15) is 5.11 Å².